The molecule has 0 radical (unpaired) electrons. The van der Waals surface area contributed by atoms with Crippen LogP contribution in [0, 0.1) is 0 Å². The highest BCUT2D eigenvalue weighted by atomic mass is 79.9. The van der Waals surface area contributed by atoms with Crippen LogP contribution < -0.4 is 0 Å². The lowest BCUT2D eigenvalue weighted by Crippen LogP contribution is -2.20. The summed E-state index contributed by atoms with van der Waals surface area (Å²) in [6.45, 7) is 0.218. The molecule has 0 aliphatic heterocycles. The predicted molar refractivity (Wildman–Crippen MR) is 62.3 cm³/mol. The quantitative estimate of drug-likeness (QED) is 0.896. The summed E-state index contributed by atoms with van der Waals surface area (Å²) in [7, 11) is 4.06. The van der Waals surface area contributed by atoms with Crippen molar-refractivity contribution in [2.75, 3.05) is 20.7 Å². The van der Waals surface area contributed by atoms with E-state index in [4.69, 9.17) is 5.11 Å². The minimum atomic E-state index is 0.218. The summed E-state index contributed by atoms with van der Waals surface area (Å²) < 4.78 is 1.08. The number of rotatable bonds is 4. The van der Waals surface area contributed by atoms with Crippen molar-refractivity contribution in [3.05, 3.63) is 34.3 Å². The third-order valence-electron chi connectivity index (χ3n) is 2.26. The third kappa shape index (κ3) is 3.08. The molecule has 3 heteroatoms. The van der Waals surface area contributed by atoms with Gasteiger partial charge < -0.3 is 10.0 Å². The number of hydrogen-bond acceptors (Lipinski definition) is 2. The lowest BCUT2D eigenvalue weighted by atomic mass is 10.0. The Hall–Kier alpha value is -0.380. The monoisotopic (exact) mass is 257 g/mol. The lowest BCUT2D eigenvalue weighted by Gasteiger charge is -2.24. The second kappa shape index (κ2) is 5.49. The fraction of sp³-hybridized carbons (Fsp3) is 0.455. The Labute approximate surface area is 93.7 Å². The fourth-order valence-electron chi connectivity index (χ4n) is 1.56. The molecule has 1 unspecified atom stereocenters. The van der Waals surface area contributed by atoms with Gasteiger partial charge in [0.15, 0.2) is 0 Å². The first-order valence-electron chi connectivity index (χ1n) is 4.68. The van der Waals surface area contributed by atoms with Gasteiger partial charge in [0.1, 0.15) is 0 Å². The van der Waals surface area contributed by atoms with Gasteiger partial charge in [0.2, 0.25) is 0 Å². The van der Waals surface area contributed by atoms with Gasteiger partial charge in [0.05, 0.1) is 0 Å². The molecule has 0 fully saturated rings. The average Bonchev–Trinajstić information content (AvgIpc) is 2.13. The van der Waals surface area contributed by atoms with Gasteiger partial charge in [-0.15, -0.1) is 0 Å². The zero-order valence-electron chi connectivity index (χ0n) is 8.57. The molecule has 0 saturated carbocycles. The first-order chi connectivity index (χ1) is 6.65. The van der Waals surface area contributed by atoms with Crippen molar-refractivity contribution in [1.29, 1.82) is 0 Å². The second-order valence-corrected chi connectivity index (χ2v) is 4.46. The molecule has 0 aromatic heterocycles. The minimum absolute atomic E-state index is 0.218. The molecule has 78 valence electrons. The summed E-state index contributed by atoms with van der Waals surface area (Å²) in [4.78, 5) is 2.12. The first-order valence-corrected chi connectivity index (χ1v) is 5.47. The normalized spacial score (nSPS) is 13.2. The van der Waals surface area contributed by atoms with Crippen LogP contribution in [0.25, 0.3) is 0 Å². The van der Waals surface area contributed by atoms with Crippen LogP contribution in [0.4, 0.5) is 0 Å². The van der Waals surface area contributed by atoms with Crippen molar-refractivity contribution in [3.8, 4) is 0 Å². The molecule has 1 aromatic carbocycles. The van der Waals surface area contributed by atoms with Crippen molar-refractivity contribution in [3.63, 3.8) is 0 Å². The van der Waals surface area contributed by atoms with Gasteiger partial charge in [0.25, 0.3) is 0 Å². The number of benzene rings is 1. The summed E-state index contributed by atoms with van der Waals surface area (Å²) in [5.41, 5.74) is 1.23. The number of halogens is 1. The van der Waals surface area contributed by atoms with Crippen molar-refractivity contribution < 1.29 is 5.11 Å². The average molecular weight is 258 g/mol. The van der Waals surface area contributed by atoms with Crippen LogP contribution in [0.3, 0.4) is 0 Å². The zero-order chi connectivity index (χ0) is 10.6. The third-order valence-corrected chi connectivity index (χ3v) is 2.75. The summed E-state index contributed by atoms with van der Waals surface area (Å²) in [6.07, 6.45) is 0.767. The predicted octanol–water partition coefficient (Wildman–Crippen LogP) is 2.43. The van der Waals surface area contributed by atoms with E-state index in [1.165, 1.54) is 5.56 Å². The van der Waals surface area contributed by atoms with E-state index in [-0.39, 0.29) is 12.6 Å². The number of hydrogen-bond donors (Lipinski definition) is 1. The number of nitrogens with zero attached hydrogens (tertiary/aromatic N) is 1. The Morgan fingerprint density at radius 1 is 1.43 bits per heavy atom. The summed E-state index contributed by atoms with van der Waals surface area (Å²) in [5, 5.41) is 8.98. The van der Waals surface area contributed by atoms with Crippen LogP contribution >= 0.6 is 15.9 Å². The molecular formula is C11H16BrNO. The van der Waals surface area contributed by atoms with E-state index in [1.807, 2.05) is 26.2 Å². The van der Waals surface area contributed by atoms with Crippen LogP contribution in [0.1, 0.15) is 18.0 Å². The molecule has 1 atom stereocenters. The Kier molecular flexibility index (Phi) is 4.58. The molecule has 0 spiro atoms. The standard InChI is InChI=1S/C11H16BrNO/c1-13(2)11(6-7-14)9-4-3-5-10(12)8-9/h3-5,8,11,14H,6-7H2,1-2H3. The van der Waals surface area contributed by atoms with Gasteiger partial charge in [0, 0.05) is 17.1 Å². The van der Waals surface area contributed by atoms with Crippen molar-refractivity contribution in [2.45, 2.75) is 12.5 Å². The van der Waals surface area contributed by atoms with Gasteiger partial charge in [-0.1, -0.05) is 28.1 Å². The van der Waals surface area contributed by atoms with Gasteiger partial charge in [-0.25, -0.2) is 0 Å². The molecule has 2 nitrogen and oxygen atoms in total. The van der Waals surface area contributed by atoms with Crippen LogP contribution in [-0.2, 0) is 0 Å². The fourth-order valence-corrected chi connectivity index (χ4v) is 1.98. The molecule has 0 saturated heterocycles. The van der Waals surface area contributed by atoms with Crippen LogP contribution in [0.5, 0.6) is 0 Å². The highest BCUT2D eigenvalue weighted by Crippen LogP contribution is 2.24. The van der Waals surface area contributed by atoms with E-state index in [0.29, 0.717) is 0 Å². The molecule has 14 heavy (non-hydrogen) atoms. The van der Waals surface area contributed by atoms with E-state index in [9.17, 15) is 0 Å². The van der Waals surface area contributed by atoms with Gasteiger partial charge in [-0.2, -0.15) is 0 Å². The van der Waals surface area contributed by atoms with Crippen LogP contribution in [0.15, 0.2) is 28.7 Å². The molecule has 1 N–H and O–H groups in total. The SMILES string of the molecule is CN(C)C(CCO)c1cccc(Br)c1. The van der Waals surface area contributed by atoms with Crippen molar-refractivity contribution >= 4 is 15.9 Å². The van der Waals surface area contributed by atoms with Gasteiger partial charge in [-0.3, -0.25) is 0 Å². The topological polar surface area (TPSA) is 23.5 Å². The Bertz CT molecular complexity index is 288. The molecule has 0 aliphatic rings. The Morgan fingerprint density at radius 2 is 2.14 bits per heavy atom. The maximum absolute atomic E-state index is 8.98. The lowest BCUT2D eigenvalue weighted by molar-refractivity contribution is 0.211. The first kappa shape index (κ1) is 11.7. The summed E-state index contributed by atoms with van der Waals surface area (Å²) >= 11 is 3.45. The van der Waals surface area contributed by atoms with Gasteiger partial charge >= 0.3 is 0 Å². The maximum Gasteiger partial charge on any atom is 0.0449 e. The molecule has 1 rings (SSSR count). The van der Waals surface area contributed by atoms with Crippen molar-refractivity contribution in [2.24, 2.45) is 0 Å². The zero-order valence-corrected chi connectivity index (χ0v) is 10.2. The summed E-state index contributed by atoms with van der Waals surface area (Å²) in [6, 6.07) is 8.51. The molecule has 0 bridgehead atoms. The number of aliphatic hydroxyl groups excluding tert-OH is 1. The van der Waals surface area contributed by atoms with Gasteiger partial charge in [-0.05, 0) is 38.2 Å². The van der Waals surface area contributed by atoms with E-state index in [2.05, 4.69) is 33.0 Å². The molecular weight excluding hydrogens is 242 g/mol. The molecule has 0 amide bonds. The molecule has 0 heterocycles. The van der Waals surface area contributed by atoms with Crippen LogP contribution in [-0.4, -0.2) is 30.7 Å². The van der Waals surface area contributed by atoms with E-state index >= 15 is 0 Å². The maximum atomic E-state index is 8.98. The van der Waals surface area contributed by atoms with Crippen LogP contribution in [0.2, 0.25) is 0 Å². The second-order valence-electron chi connectivity index (χ2n) is 3.55. The molecule has 0 aliphatic carbocycles. The van der Waals surface area contributed by atoms with E-state index in [0.717, 1.165) is 10.9 Å². The smallest absolute Gasteiger partial charge is 0.0449 e. The summed E-state index contributed by atoms with van der Waals surface area (Å²) in [5.74, 6) is 0. The highest BCUT2D eigenvalue weighted by Gasteiger charge is 2.12. The van der Waals surface area contributed by atoms with E-state index in [1.54, 1.807) is 0 Å². The number of aliphatic hydroxyl groups is 1. The largest absolute Gasteiger partial charge is 0.396 e. The Morgan fingerprint density at radius 3 is 2.64 bits per heavy atom. The molecule has 1 aromatic rings. The Balaban J connectivity index is 2.87. The van der Waals surface area contributed by atoms with Crippen molar-refractivity contribution in [1.82, 2.24) is 4.90 Å². The van der Waals surface area contributed by atoms with E-state index < -0.39 is 0 Å². The minimum Gasteiger partial charge on any atom is -0.396 e. The highest BCUT2D eigenvalue weighted by molar-refractivity contribution is 9.10.